The van der Waals surface area contributed by atoms with Crippen LogP contribution in [0.3, 0.4) is 0 Å². The molecule has 7 nitrogen and oxygen atoms in total. The van der Waals surface area contributed by atoms with E-state index >= 15 is 0 Å². The summed E-state index contributed by atoms with van der Waals surface area (Å²) in [5.74, 6) is -4.81. The number of benzene rings is 3. The number of hydrogen-bond acceptors (Lipinski definition) is 6. The Labute approximate surface area is 205 Å². The van der Waals surface area contributed by atoms with E-state index in [0.29, 0.717) is 11.3 Å². The molecule has 9 heteroatoms. The van der Waals surface area contributed by atoms with E-state index in [1.54, 1.807) is 19.9 Å². The molecule has 1 aliphatic heterocycles. The average molecular weight is 495 g/mol. The van der Waals surface area contributed by atoms with Crippen molar-refractivity contribution < 1.29 is 38.1 Å². The van der Waals surface area contributed by atoms with Crippen molar-refractivity contribution >= 4 is 23.1 Å². The number of aliphatic hydroxyl groups excluding tert-OH is 1. The quantitative estimate of drug-likeness (QED) is 0.296. The summed E-state index contributed by atoms with van der Waals surface area (Å²) < 4.78 is 38.3. The number of hydrogen-bond donors (Lipinski definition) is 2. The van der Waals surface area contributed by atoms with Gasteiger partial charge in [-0.25, -0.2) is 8.78 Å². The SMILES string of the molecule is COc1ccc(C2/C(=C(\O)c3cc(C)cc(C)c3OC)C(=O)C(=O)N2c2ccc(F)c(F)c2)cc1O. The number of nitrogens with zero attached hydrogens (tertiary/aromatic N) is 1. The molecule has 0 bridgehead atoms. The van der Waals surface area contributed by atoms with Crippen molar-refractivity contribution in [2.24, 2.45) is 0 Å². The van der Waals surface area contributed by atoms with Gasteiger partial charge in [0, 0.05) is 11.8 Å². The van der Waals surface area contributed by atoms with Gasteiger partial charge in [0.2, 0.25) is 0 Å². The van der Waals surface area contributed by atoms with Crippen LogP contribution in [0.5, 0.6) is 17.2 Å². The number of aromatic hydroxyl groups is 1. The van der Waals surface area contributed by atoms with Crippen molar-refractivity contribution in [2.45, 2.75) is 19.9 Å². The molecule has 0 aliphatic carbocycles. The predicted octanol–water partition coefficient (Wildman–Crippen LogP) is 4.93. The smallest absolute Gasteiger partial charge is 0.300 e. The summed E-state index contributed by atoms with van der Waals surface area (Å²) in [7, 11) is 2.77. The van der Waals surface area contributed by atoms with Crippen LogP contribution in [0.25, 0.3) is 5.76 Å². The van der Waals surface area contributed by atoms with Crippen molar-refractivity contribution in [1.29, 1.82) is 0 Å². The molecule has 36 heavy (non-hydrogen) atoms. The topological polar surface area (TPSA) is 96.3 Å². The molecule has 1 fully saturated rings. The number of phenolic OH excluding ortho intramolecular Hbond substituents is 1. The third kappa shape index (κ3) is 4.02. The van der Waals surface area contributed by atoms with E-state index in [1.807, 2.05) is 6.07 Å². The van der Waals surface area contributed by atoms with Gasteiger partial charge in [-0.1, -0.05) is 12.1 Å². The van der Waals surface area contributed by atoms with Crippen LogP contribution in [0, 0.1) is 25.5 Å². The lowest BCUT2D eigenvalue weighted by Gasteiger charge is -2.26. The highest BCUT2D eigenvalue weighted by Gasteiger charge is 2.47. The second-order valence-electron chi connectivity index (χ2n) is 8.36. The Hall–Kier alpha value is -4.40. The van der Waals surface area contributed by atoms with Gasteiger partial charge < -0.3 is 19.7 Å². The van der Waals surface area contributed by atoms with E-state index < -0.39 is 35.1 Å². The number of carbonyl (C=O) groups excluding carboxylic acids is 2. The predicted molar refractivity (Wildman–Crippen MR) is 128 cm³/mol. The van der Waals surface area contributed by atoms with Gasteiger partial charge in [0.1, 0.15) is 11.5 Å². The highest BCUT2D eigenvalue weighted by molar-refractivity contribution is 6.51. The van der Waals surface area contributed by atoms with Crippen molar-refractivity contribution in [2.75, 3.05) is 19.1 Å². The fourth-order valence-corrected chi connectivity index (χ4v) is 4.47. The van der Waals surface area contributed by atoms with E-state index in [-0.39, 0.29) is 33.9 Å². The van der Waals surface area contributed by atoms with Gasteiger partial charge in [0.05, 0.1) is 31.4 Å². The first-order valence-corrected chi connectivity index (χ1v) is 10.9. The molecule has 1 atom stereocenters. The maximum absolute atomic E-state index is 14.1. The molecule has 1 saturated heterocycles. The second-order valence-corrected chi connectivity index (χ2v) is 8.36. The normalized spacial score (nSPS) is 16.9. The maximum atomic E-state index is 14.1. The number of phenols is 1. The van der Waals surface area contributed by atoms with Gasteiger partial charge in [0.15, 0.2) is 23.1 Å². The van der Waals surface area contributed by atoms with Crippen LogP contribution < -0.4 is 14.4 Å². The van der Waals surface area contributed by atoms with E-state index in [4.69, 9.17) is 9.47 Å². The largest absolute Gasteiger partial charge is 0.507 e. The van der Waals surface area contributed by atoms with Gasteiger partial charge in [-0.15, -0.1) is 0 Å². The Balaban J connectivity index is 2.03. The third-order valence-electron chi connectivity index (χ3n) is 6.02. The Bertz CT molecular complexity index is 1430. The van der Waals surface area contributed by atoms with Gasteiger partial charge in [-0.05, 0) is 60.9 Å². The first kappa shape index (κ1) is 24.7. The maximum Gasteiger partial charge on any atom is 0.300 e. The van der Waals surface area contributed by atoms with E-state index in [0.717, 1.165) is 28.7 Å². The number of halogens is 2. The van der Waals surface area contributed by atoms with Crippen LogP contribution in [0.4, 0.5) is 14.5 Å². The summed E-state index contributed by atoms with van der Waals surface area (Å²) in [6.07, 6.45) is 0. The molecular formula is C27H23F2NO6. The minimum atomic E-state index is -1.28. The molecule has 1 unspecified atom stereocenters. The molecule has 4 rings (SSSR count). The summed E-state index contributed by atoms with van der Waals surface area (Å²) in [6, 6.07) is 9.11. The standard InChI is InChI=1S/C27H23F2NO6/c1-13-9-14(2)26(36-4)17(10-13)24(32)22-23(15-5-8-21(35-3)20(31)11-15)30(27(34)25(22)33)16-6-7-18(28)19(29)12-16/h5-12,23,31-32H,1-4H3/b24-22+. The molecule has 0 spiro atoms. The number of ether oxygens (including phenoxy) is 2. The summed E-state index contributed by atoms with van der Waals surface area (Å²) in [6.45, 7) is 3.56. The van der Waals surface area contributed by atoms with Crippen molar-refractivity contribution in [1.82, 2.24) is 0 Å². The fourth-order valence-electron chi connectivity index (χ4n) is 4.47. The number of aliphatic hydroxyl groups is 1. The minimum absolute atomic E-state index is 0.109. The number of anilines is 1. The Morgan fingerprint density at radius 2 is 1.67 bits per heavy atom. The molecule has 1 heterocycles. The molecule has 2 N–H and O–H groups in total. The molecule has 0 radical (unpaired) electrons. The van der Waals surface area contributed by atoms with Gasteiger partial charge in [0.25, 0.3) is 11.7 Å². The summed E-state index contributed by atoms with van der Waals surface area (Å²) >= 11 is 0. The number of amides is 1. The van der Waals surface area contributed by atoms with Crippen LogP contribution >= 0.6 is 0 Å². The Morgan fingerprint density at radius 1 is 0.944 bits per heavy atom. The fraction of sp³-hybridized carbons (Fsp3) is 0.185. The lowest BCUT2D eigenvalue weighted by Crippen LogP contribution is -2.29. The molecule has 0 aromatic heterocycles. The zero-order chi connectivity index (χ0) is 26.3. The summed E-state index contributed by atoms with van der Waals surface area (Å²) in [4.78, 5) is 27.5. The van der Waals surface area contributed by atoms with Crippen LogP contribution in [0.2, 0.25) is 0 Å². The van der Waals surface area contributed by atoms with Crippen LogP contribution in [-0.4, -0.2) is 36.1 Å². The third-order valence-corrected chi connectivity index (χ3v) is 6.02. The first-order chi connectivity index (χ1) is 17.1. The molecular weight excluding hydrogens is 472 g/mol. The van der Waals surface area contributed by atoms with Crippen molar-refractivity contribution in [3.8, 4) is 17.2 Å². The molecule has 1 amide bonds. The van der Waals surface area contributed by atoms with Crippen molar-refractivity contribution in [3.63, 3.8) is 0 Å². The van der Waals surface area contributed by atoms with Crippen LogP contribution in [0.15, 0.2) is 54.1 Å². The van der Waals surface area contributed by atoms with E-state index in [9.17, 15) is 28.6 Å². The summed E-state index contributed by atoms with van der Waals surface area (Å²) in [5, 5.41) is 21.8. The highest BCUT2D eigenvalue weighted by atomic mass is 19.2. The average Bonchev–Trinajstić information content (AvgIpc) is 3.10. The number of aryl methyl sites for hydroxylation is 2. The summed E-state index contributed by atoms with van der Waals surface area (Å²) in [5.41, 5.74) is 1.44. The minimum Gasteiger partial charge on any atom is -0.507 e. The monoisotopic (exact) mass is 495 g/mol. The lowest BCUT2D eigenvalue weighted by molar-refractivity contribution is -0.132. The lowest BCUT2D eigenvalue weighted by atomic mass is 9.93. The van der Waals surface area contributed by atoms with E-state index in [1.165, 1.54) is 32.4 Å². The number of methoxy groups -OCH3 is 2. The highest BCUT2D eigenvalue weighted by Crippen LogP contribution is 2.45. The number of ketones is 1. The molecule has 186 valence electrons. The molecule has 1 aliphatic rings. The Kier molecular flexibility index (Phi) is 6.41. The Morgan fingerprint density at radius 3 is 2.28 bits per heavy atom. The number of carbonyl (C=O) groups is 2. The number of rotatable bonds is 5. The van der Waals surface area contributed by atoms with Gasteiger partial charge >= 0.3 is 0 Å². The molecule has 0 saturated carbocycles. The van der Waals surface area contributed by atoms with Crippen LogP contribution in [-0.2, 0) is 9.59 Å². The number of Topliss-reactive ketones (excluding diaryl/α,β-unsaturated/α-hetero) is 1. The van der Waals surface area contributed by atoms with Crippen molar-refractivity contribution in [3.05, 3.63) is 88.0 Å². The van der Waals surface area contributed by atoms with Gasteiger partial charge in [-0.2, -0.15) is 0 Å². The van der Waals surface area contributed by atoms with E-state index in [2.05, 4.69) is 0 Å². The van der Waals surface area contributed by atoms with Gasteiger partial charge in [-0.3, -0.25) is 14.5 Å². The second kappa shape index (κ2) is 9.33. The first-order valence-electron chi connectivity index (χ1n) is 10.9. The molecule has 3 aromatic carbocycles. The zero-order valence-corrected chi connectivity index (χ0v) is 19.9. The van der Waals surface area contributed by atoms with Crippen LogP contribution in [0.1, 0.15) is 28.3 Å². The zero-order valence-electron chi connectivity index (χ0n) is 19.9. The molecule has 3 aromatic rings.